The molecule has 0 spiro atoms. The van der Waals surface area contributed by atoms with Gasteiger partial charge in [-0.15, -0.1) is 11.3 Å². The van der Waals surface area contributed by atoms with Gasteiger partial charge in [-0.3, -0.25) is 0 Å². The highest BCUT2D eigenvalue weighted by Gasteiger charge is 2.22. The van der Waals surface area contributed by atoms with E-state index in [2.05, 4.69) is 15.0 Å². The van der Waals surface area contributed by atoms with Gasteiger partial charge >= 0.3 is 6.61 Å². The predicted octanol–water partition coefficient (Wildman–Crippen LogP) is 4.29. The average Bonchev–Trinajstić information content (AvgIpc) is 3.12. The highest BCUT2D eigenvalue weighted by molar-refractivity contribution is 7.16. The van der Waals surface area contributed by atoms with Crippen LogP contribution in [0.4, 0.5) is 13.9 Å². The molecular formula is C14H14F2N2OS. The number of thiazole rings is 1. The molecule has 1 N–H and O–H groups in total. The van der Waals surface area contributed by atoms with E-state index in [0.717, 1.165) is 21.3 Å². The molecule has 3 nitrogen and oxygen atoms in total. The fourth-order valence-electron chi connectivity index (χ4n) is 1.92. The lowest BCUT2D eigenvalue weighted by Gasteiger charge is -2.05. The Kier molecular flexibility index (Phi) is 3.56. The van der Waals surface area contributed by atoms with Crippen molar-refractivity contribution < 1.29 is 13.5 Å². The van der Waals surface area contributed by atoms with Crippen LogP contribution >= 0.6 is 11.3 Å². The lowest BCUT2D eigenvalue weighted by molar-refractivity contribution is -0.0498. The zero-order valence-electron chi connectivity index (χ0n) is 10.9. The molecule has 0 bridgehead atoms. The van der Waals surface area contributed by atoms with E-state index in [4.69, 9.17) is 0 Å². The number of hydrogen-bond donors (Lipinski definition) is 1. The Morgan fingerprint density at radius 1 is 1.30 bits per heavy atom. The van der Waals surface area contributed by atoms with E-state index in [1.807, 2.05) is 6.92 Å². The summed E-state index contributed by atoms with van der Waals surface area (Å²) in [4.78, 5) is 5.68. The molecule has 1 aliphatic carbocycles. The van der Waals surface area contributed by atoms with E-state index in [9.17, 15) is 8.78 Å². The molecule has 1 saturated carbocycles. The standard InChI is InChI=1S/C14H14F2N2OS/c1-8-12(18-14(20-8)17-10-4-5-10)9-2-6-11(7-3-9)19-13(15)16/h2-3,6-7,10,13H,4-5H2,1H3,(H,17,18). The quantitative estimate of drug-likeness (QED) is 0.893. The highest BCUT2D eigenvalue weighted by Crippen LogP contribution is 2.34. The van der Waals surface area contributed by atoms with Crippen molar-refractivity contribution in [2.45, 2.75) is 32.4 Å². The largest absolute Gasteiger partial charge is 0.435 e. The van der Waals surface area contributed by atoms with Gasteiger partial charge in [0.15, 0.2) is 5.13 Å². The number of aryl methyl sites for hydroxylation is 1. The molecule has 3 rings (SSSR count). The second-order valence-electron chi connectivity index (χ2n) is 4.75. The van der Waals surface area contributed by atoms with Crippen molar-refractivity contribution in [1.82, 2.24) is 4.98 Å². The van der Waals surface area contributed by atoms with Crippen molar-refractivity contribution in [2.75, 3.05) is 5.32 Å². The minimum absolute atomic E-state index is 0.160. The van der Waals surface area contributed by atoms with Gasteiger partial charge in [-0.2, -0.15) is 8.78 Å². The van der Waals surface area contributed by atoms with Gasteiger partial charge in [0.25, 0.3) is 0 Å². The highest BCUT2D eigenvalue weighted by atomic mass is 32.1. The molecule has 0 saturated heterocycles. The molecule has 0 radical (unpaired) electrons. The molecule has 1 aromatic carbocycles. The minimum atomic E-state index is -2.80. The van der Waals surface area contributed by atoms with E-state index in [1.165, 1.54) is 25.0 Å². The summed E-state index contributed by atoms with van der Waals surface area (Å²) in [6.45, 7) is -0.787. The van der Waals surface area contributed by atoms with Crippen molar-refractivity contribution in [3.8, 4) is 17.0 Å². The Labute approximate surface area is 119 Å². The lowest BCUT2D eigenvalue weighted by atomic mass is 10.1. The molecule has 1 fully saturated rings. The van der Waals surface area contributed by atoms with Crippen molar-refractivity contribution in [3.63, 3.8) is 0 Å². The third-order valence-electron chi connectivity index (χ3n) is 3.05. The Morgan fingerprint density at radius 2 is 2.00 bits per heavy atom. The molecule has 6 heteroatoms. The summed E-state index contributed by atoms with van der Waals surface area (Å²) in [5.41, 5.74) is 1.80. The van der Waals surface area contributed by atoms with Crippen LogP contribution in [0.25, 0.3) is 11.3 Å². The first-order chi connectivity index (χ1) is 9.61. The number of ether oxygens (including phenoxy) is 1. The van der Waals surface area contributed by atoms with E-state index in [-0.39, 0.29) is 5.75 Å². The average molecular weight is 296 g/mol. The molecule has 1 aliphatic rings. The zero-order valence-corrected chi connectivity index (χ0v) is 11.7. The monoisotopic (exact) mass is 296 g/mol. The molecule has 2 aromatic rings. The first kappa shape index (κ1) is 13.3. The SMILES string of the molecule is Cc1sc(NC2CC2)nc1-c1ccc(OC(F)F)cc1. The summed E-state index contributed by atoms with van der Waals surface area (Å²) in [6.07, 6.45) is 2.40. The smallest absolute Gasteiger partial charge is 0.387 e. The van der Waals surface area contributed by atoms with E-state index in [1.54, 1.807) is 23.5 Å². The Bertz CT molecular complexity index is 594. The van der Waals surface area contributed by atoms with Crippen LogP contribution in [0.1, 0.15) is 17.7 Å². The van der Waals surface area contributed by atoms with Crippen LogP contribution in [-0.4, -0.2) is 17.6 Å². The zero-order chi connectivity index (χ0) is 14.1. The third kappa shape index (κ3) is 3.07. The first-order valence-corrected chi connectivity index (χ1v) is 7.22. The topological polar surface area (TPSA) is 34.2 Å². The number of nitrogens with zero attached hydrogens (tertiary/aromatic N) is 1. The van der Waals surface area contributed by atoms with E-state index in [0.29, 0.717) is 6.04 Å². The molecular weight excluding hydrogens is 282 g/mol. The first-order valence-electron chi connectivity index (χ1n) is 6.41. The number of benzene rings is 1. The Hall–Kier alpha value is -1.69. The minimum Gasteiger partial charge on any atom is -0.435 e. The summed E-state index contributed by atoms with van der Waals surface area (Å²) >= 11 is 1.62. The second kappa shape index (κ2) is 5.36. The number of anilines is 1. The number of nitrogens with one attached hydrogen (secondary N) is 1. The Morgan fingerprint density at radius 3 is 2.60 bits per heavy atom. The second-order valence-corrected chi connectivity index (χ2v) is 5.95. The van der Waals surface area contributed by atoms with Gasteiger partial charge in [0, 0.05) is 16.5 Å². The summed E-state index contributed by atoms with van der Waals surface area (Å²) in [5, 5.41) is 4.29. The van der Waals surface area contributed by atoms with Crippen LogP contribution in [0.2, 0.25) is 0 Å². The molecule has 1 heterocycles. The van der Waals surface area contributed by atoms with Crippen molar-refractivity contribution in [1.29, 1.82) is 0 Å². The number of aromatic nitrogens is 1. The maximum atomic E-state index is 12.1. The predicted molar refractivity (Wildman–Crippen MR) is 75.6 cm³/mol. The van der Waals surface area contributed by atoms with Gasteiger partial charge in [0.1, 0.15) is 5.75 Å². The van der Waals surface area contributed by atoms with Crippen LogP contribution in [0.3, 0.4) is 0 Å². The van der Waals surface area contributed by atoms with E-state index < -0.39 is 6.61 Å². The molecule has 20 heavy (non-hydrogen) atoms. The number of hydrogen-bond acceptors (Lipinski definition) is 4. The van der Waals surface area contributed by atoms with Gasteiger partial charge in [-0.05, 0) is 44.0 Å². The van der Waals surface area contributed by atoms with Gasteiger partial charge in [0.2, 0.25) is 0 Å². The molecule has 0 aliphatic heterocycles. The van der Waals surface area contributed by atoms with Gasteiger partial charge < -0.3 is 10.1 Å². The van der Waals surface area contributed by atoms with Crippen molar-refractivity contribution in [3.05, 3.63) is 29.1 Å². The fourth-order valence-corrected chi connectivity index (χ4v) is 2.84. The van der Waals surface area contributed by atoms with Crippen LogP contribution in [0.15, 0.2) is 24.3 Å². The summed E-state index contributed by atoms with van der Waals surface area (Å²) < 4.78 is 28.5. The van der Waals surface area contributed by atoms with Crippen LogP contribution in [0, 0.1) is 6.92 Å². The lowest BCUT2D eigenvalue weighted by Crippen LogP contribution is -2.01. The fraction of sp³-hybridized carbons (Fsp3) is 0.357. The maximum absolute atomic E-state index is 12.1. The maximum Gasteiger partial charge on any atom is 0.387 e. The molecule has 106 valence electrons. The molecule has 1 aromatic heterocycles. The molecule has 0 atom stereocenters. The van der Waals surface area contributed by atoms with Crippen LogP contribution in [0.5, 0.6) is 5.75 Å². The number of rotatable bonds is 5. The number of halogens is 2. The normalized spacial score (nSPS) is 14.6. The van der Waals surface area contributed by atoms with Crippen molar-refractivity contribution >= 4 is 16.5 Å². The van der Waals surface area contributed by atoms with Gasteiger partial charge in [-0.25, -0.2) is 4.98 Å². The molecule has 0 amide bonds. The van der Waals surface area contributed by atoms with Gasteiger partial charge in [-0.1, -0.05) is 0 Å². The van der Waals surface area contributed by atoms with Crippen molar-refractivity contribution in [2.24, 2.45) is 0 Å². The third-order valence-corrected chi connectivity index (χ3v) is 3.96. The summed E-state index contributed by atoms with van der Waals surface area (Å²) in [7, 11) is 0. The molecule has 0 unspecified atom stereocenters. The van der Waals surface area contributed by atoms with Gasteiger partial charge in [0.05, 0.1) is 5.69 Å². The Balaban J connectivity index is 1.79. The van der Waals surface area contributed by atoms with Crippen LogP contribution in [-0.2, 0) is 0 Å². The van der Waals surface area contributed by atoms with E-state index >= 15 is 0 Å². The number of alkyl halides is 2. The summed E-state index contributed by atoms with van der Waals surface area (Å²) in [5.74, 6) is 0.160. The summed E-state index contributed by atoms with van der Waals surface area (Å²) in [6, 6.07) is 7.14. The van der Waals surface area contributed by atoms with Crippen LogP contribution < -0.4 is 10.1 Å².